The minimum Gasteiger partial charge on any atom is -0.598 e. The third kappa shape index (κ3) is 5.07. The van der Waals surface area contributed by atoms with E-state index in [1.165, 1.54) is 0 Å². The number of halogens is 1. The van der Waals surface area contributed by atoms with Crippen LogP contribution in [0.25, 0.3) is 0 Å². The summed E-state index contributed by atoms with van der Waals surface area (Å²) in [5, 5.41) is 13.8. The molecule has 0 fully saturated rings. The lowest BCUT2D eigenvalue weighted by atomic mass is 10.2. The number of aliphatic hydroxyl groups excluding tert-OH is 1. The maximum Gasteiger partial charge on any atom is 0.136 e. The summed E-state index contributed by atoms with van der Waals surface area (Å²) in [6.45, 7) is 9.83. The SMILES string of the molecule is C[C@H](O)Cn1nc(Br)cc1[C@H](C)N[S+]([O-])C(C)(C)C. The first-order valence-electron chi connectivity index (χ1n) is 6.20. The van der Waals surface area contributed by atoms with Gasteiger partial charge in [-0.05, 0) is 56.6 Å². The molecule has 0 aliphatic heterocycles. The van der Waals surface area contributed by atoms with Crippen molar-refractivity contribution in [3.05, 3.63) is 16.4 Å². The lowest BCUT2D eigenvalue weighted by Crippen LogP contribution is -2.41. The van der Waals surface area contributed by atoms with E-state index in [4.69, 9.17) is 0 Å². The molecule has 0 saturated carbocycles. The van der Waals surface area contributed by atoms with Crippen LogP contribution in [0.3, 0.4) is 0 Å². The number of nitrogens with zero attached hydrogens (tertiary/aromatic N) is 2. The quantitative estimate of drug-likeness (QED) is 0.797. The summed E-state index contributed by atoms with van der Waals surface area (Å²) in [5.41, 5.74) is 0.894. The number of aliphatic hydroxyl groups is 1. The first-order chi connectivity index (χ1) is 8.61. The highest BCUT2D eigenvalue weighted by molar-refractivity contribution is 9.10. The van der Waals surface area contributed by atoms with Crippen LogP contribution in [0.2, 0.25) is 0 Å². The Hall–Kier alpha value is -0.0800. The first-order valence-corrected chi connectivity index (χ1v) is 8.15. The summed E-state index contributed by atoms with van der Waals surface area (Å²) in [6.07, 6.45) is -0.481. The largest absolute Gasteiger partial charge is 0.598 e. The van der Waals surface area contributed by atoms with E-state index in [2.05, 4.69) is 25.8 Å². The van der Waals surface area contributed by atoms with Crippen LogP contribution >= 0.6 is 15.9 Å². The van der Waals surface area contributed by atoms with Gasteiger partial charge in [-0.25, -0.2) is 0 Å². The number of aromatic nitrogens is 2. The van der Waals surface area contributed by atoms with Crippen molar-refractivity contribution in [3.8, 4) is 0 Å². The van der Waals surface area contributed by atoms with E-state index in [-0.39, 0.29) is 10.8 Å². The molecular formula is C12H22BrN3O2S. The Morgan fingerprint density at radius 2 is 2.11 bits per heavy atom. The maximum atomic E-state index is 12.1. The molecule has 0 aromatic carbocycles. The van der Waals surface area contributed by atoms with Crippen molar-refractivity contribution in [1.82, 2.24) is 14.5 Å². The molecule has 0 aliphatic carbocycles. The highest BCUT2D eigenvalue weighted by Gasteiger charge is 2.29. The van der Waals surface area contributed by atoms with Crippen molar-refractivity contribution in [2.45, 2.75) is 58.1 Å². The zero-order valence-corrected chi connectivity index (χ0v) is 14.4. The molecule has 3 atom stereocenters. The van der Waals surface area contributed by atoms with E-state index in [0.29, 0.717) is 11.1 Å². The van der Waals surface area contributed by atoms with Gasteiger partial charge in [-0.15, -0.1) is 4.72 Å². The third-order valence-corrected chi connectivity index (χ3v) is 4.57. The second-order valence-corrected chi connectivity index (χ2v) is 8.45. The average molecular weight is 352 g/mol. The predicted molar refractivity (Wildman–Crippen MR) is 81.1 cm³/mol. The number of hydrogen-bond donors (Lipinski definition) is 2. The lowest BCUT2D eigenvalue weighted by Gasteiger charge is -2.26. The number of nitrogens with one attached hydrogen (secondary N) is 1. The van der Waals surface area contributed by atoms with E-state index < -0.39 is 17.5 Å². The van der Waals surface area contributed by atoms with Crippen LogP contribution < -0.4 is 4.72 Å². The zero-order valence-electron chi connectivity index (χ0n) is 12.0. The van der Waals surface area contributed by atoms with E-state index >= 15 is 0 Å². The van der Waals surface area contributed by atoms with Gasteiger partial charge in [0, 0.05) is 11.4 Å². The van der Waals surface area contributed by atoms with E-state index in [0.717, 1.165) is 5.69 Å². The highest BCUT2D eigenvalue weighted by atomic mass is 79.9. The lowest BCUT2D eigenvalue weighted by molar-refractivity contribution is 0.166. The molecule has 5 nitrogen and oxygen atoms in total. The second-order valence-electron chi connectivity index (χ2n) is 5.64. The average Bonchev–Trinajstić information content (AvgIpc) is 2.56. The van der Waals surface area contributed by atoms with Crippen molar-refractivity contribution in [2.75, 3.05) is 0 Å². The van der Waals surface area contributed by atoms with Crippen LogP contribution in [0.5, 0.6) is 0 Å². The molecule has 0 amide bonds. The Balaban J connectivity index is 2.84. The Labute approximate surface area is 126 Å². The van der Waals surface area contributed by atoms with E-state index in [1.54, 1.807) is 11.6 Å². The Kier molecular flexibility index (Phi) is 5.88. The molecule has 0 radical (unpaired) electrons. The highest BCUT2D eigenvalue weighted by Crippen LogP contribution is 2.22. The van der Waals surface area contributed by atoms with Gasteiger partial charge in [0.1, 0.15) is 9.35 Å². The summed E-state index contributed by atoms with van der Waals surface area (Å²) < 4.78 is 17.3. The topological polar surface area (TPSA) is 73.1 Å². The Morgan fingerprint density at radius 3 is 2.58 bits per heavy atom. The zero-order chi connectivity index (χ0) is 14.8. The Morgan fingerprint density at radius 1 is 1.53 bits per heavy atom. The van der Waals surface area contributed by atoms with Crippen LogP contribution in [-0.2, 0) is 17.9 Å². The normalized spacial score (nSPS) is 17.3. The van der Waals surface area contributed by atoms with Gasteiger partial charge < -0.3 is 9.66 Å². The summed E-state index contributed by atoms with van der Waals surface area (Å²) in [5.74, 6) is 0. The van der Waals surface area contributed by atoms with Gasteiger partial charge >= 0.3 is 0 Å². The molecule has 7 heteroatoms. The molecule has 1 aromatic rings. The predicted octanol–water partition coefficient (Wildman–Crippen LogP) is 2.14. The van der Waals surface area contributed by atoms with Crippen molar-refractivity contribution >= 4 is 27.3 Å². The summed E-state index contributed by atoms with van der Waals surface area (Å²) in [6, 6.07) is 1.76. The molecule has 2 N–H and O–H groups in total. The van der Waals surface area contributed by atoms with E-state index in [1.807, 2.05) is 33.8 Å². The van der Waals surface area contributed by atoms with E-state index in [9.17, 15) is 9.66 Å². The maximum absolute atomic E-state index is 12.1. The monoisotopic (exact) mass is 351 g/mol. The van der Waals surface area contributed by atoms with Gasteiger partial charge in [0.05, 0.1) is 24.4 Å². The van der Waals surface area contributed by atoms with Crippen LogP contribution in [0.1, 0.15) is 46.4 Å². The van der Waals surface area contributed by atoms with Crippen molar-refractivity contribution in [1.29, 1.82) is 0 Å². The smallest absolute Gasteiger partial charge is 0.136 e. The fraction of sp³-hybridized carbons (Fsp3) is 0.750. The molecule has 0 spiro atoms. The molecule has 1 rings (SSSR count). The van der Waals surface area contributed by atoms with Gasteiger partial charge in [-0.1, -0.05) is 0 Å². The molecular weight excluding hydrogens is 330 g/mol. The molecule has 0 bridgehead atoms. The van der Waals surface area contributed by atoms with Crippen molar-refractivity contribution in [3.63, 3.8) is 0 Å². The fourth-order valence-corrected chi connectivity index (χ4v) is 2.76. The van der Waals surface area contributed by atoms with Crippen molar-refractivity contribution < 1.29 is 9.66 Å². The van der Waals surface area contributed by atoms with Gasteiger partial charge in [-0.3, -0.25) is 4.68 Å². The minimum atomic E-state index is -1.15. The van der Waals surface area contributed by atoms with Crippen LogP contribution in [0, 0.1) is 0 Å². The van der Waals surface area contributed by atoms with Crippen molar-refractivity contribution in [2.24, 2.45) is 0 Å². The standard InChI is InChI=1S/C12H22BrN3O2S/c1-8(17)7-16-10(6-11(13)14-16)9(2)15-19(18)12(3,4)5/h6,8-9,15,17H,7H2,1-5H3/t8-,9-,19?/m0/s1. The first kappa shape index (κ1) is 17.0. The summed E-state index contributed by atoms with van der Waals surface area (Å²) in [4.78, 5) is 0. The molecule has 1 aromatic heterocycles. The second kappa shape index (κ2) is 6.58. The summed E-state index contributed by atoms with van der Waals surface area (Å²) in [7, 11) is 0. The number of rotatable bonds is 5. The van der Waals surface area contributed by atoms with Crippen LogP contribution in [0.15, 0.2) is 10.7 Å². The van der Waals surface area contributed by atoms with Crippen LogP contribution in [0.4, 0.5) is 0 Å². The van der Waals surface area contributed by atoms with Gasteiger partial charge in [0.15, 0.2) is 0 Å². The number of hydrogen-bond acceptors (Lipinski definition) is 4. The van der Waals surface area contributed by atoms with Crippen LogP contribution in [-0.4, -0.2) is 30.3 Å². The molecule has 0 saturated heterocycles. The molecule has 110 valence electrons. The minimum absolute atomic E-state index is 0.113. The van der Waals surface area contributed by atoms with Gasteiger partial charge in [-0.2, -0.15) is 5.10 Å². The summed E-state index contributed by atoms with van der Waals surface area (Å²) >= 11 is 2.18. The molecule has 19 heavy (non-hydrogen) atoms. The Bertz CT molecular complexity index is 418. The van der Waals surface area contributed by atoms with Gasteiger partial charge in [0.2, 0.25) is 0 Å². The third-order valence-electron chi connectivity index (χ3n) is 2.50. The van der Waals surface area contributed by atoms with Gasteiger partial charge in [0.25, 0.3) is 0 Å². The fourth-order valence-electron chi connectivity index (χ4n) is 1.54. The molecule has 1 heterocycles. The molecule has 0 aliphatic rings. The molecule has 1 unspecified atom stereocenters.